The quantitative estimate of drug-likeness (QED) is 0.800. The minimum absolute atomic E-state index is 0.120. The van der Waals surface area contributed by atoms with E-state index in [1.165, 1.54) is 6.42 Å². The number of aromatic nitrogens is 2. The number of carbonyl (C=O) groups is 1. The predicted octanol–water partition coefficient (Wildman–Crippen LogP) is 2.95. The fourth-order valence-corrected chi connectivity index (χ4v) is 4.31. The Hall–Kier alpha value is -1.43. The van der Waals surface area contributed by atoms with E-state index in [9.17, 15) is 4.79 Å². The molecule has 0 bridgehead atoms. The SMILES string of the molecule is CCCCc1noc([C@H](C)N2CCC[C@@H]2[C@H]2CCCN2C(C)=O)n1. The summed E-state index contributed by atoms with van der Waals surface area (Å²) in [5.74, 6) is 1.75. The molecule has 3 rings (SSSR count). The van der Waals surface area contributed by atoms with Crippen LogP contribution >= 0.6 is 0 Å². The first kappa shape index (κ1) is 17.4. The molecule has 1 aromatic rings. The van der Waals surface area contributed by atoms with Gasteiger partial charge in [-0.25, -0.2) is 0 Å². The topological polar surface area (TPSA) is 62.5 Å². The number of nitrogens with zero attached hydrogens (tertiary/aromatic N) is 4. The molecular weight excluding hydrogens is 304 g/mol. The third-order valence-corrected chi connectivity index (χ3v) is 5.58. The van der Waals surface area contributed by atoms with E-state index in [0.29, 0.717) is 12.1 Å². The van der Waals surface area contributed by atoms with Gasteiger partial charge < -0.3 is 9.42 Å². The first-order valence-corrected chi connectivity index (χ1v) is 9.47. The first-order valence-electron chi connectivity index (χ1n) is 9.47. The molecule has 0 aliphatic carbocycles. The molecule has 0 saturated carbocycles. The molecule has 0 radical (unpaired) electrons. The van der Waals surface area contributed by atoms with Crippen LogP contribution in [0.3, 0.4) is 0 Å². The van der Waals surface area contributed by atoms with Crippen molar-refractivity contribution in [1.82, 2.24) is 19.9 Å². The fourth-order valence-electron chi connectivity index (χ4n) is 4.31. The standard InChI is InChI=1S/C18H30N4O2/c1-4-5-10-17-19-18(24-20-17)13(2)21-11-6-8-15(21)16-9-7-12-22(16)14(3)23/h13,15-16H,4-12H2,1-3H3/t13-,15+,16+/m0/s1. The van der Waals surface area contributed by atoms with Crippen molar-refractivity contribution in [2.24, 2.45) is 0 Å². The van der Waals surface area contributed by atoms with E-state index in [2.05, 4.69) is 33.8 Å². The van der Waals surface area contributed by atoms with Gasteiger partial charge in [-0.3, -0.25) is 9.69 Å². The summed E-state index contributed by atoms with van der Waals surface area (Å²) < 4.78 is 5.54. The number of carbonyl (C=O) groups excluding carboxylic acids is 1. The van der Waals surface area contributed by atoms with Gasteiger partial charge in [0.1, 0.15) is 0 Å². The highest BCUT2D eigenvalue weighted by atomic mass is 16.5. The fraction of sp³-hybridized carbons (Fsp3) is 0.833. The Morgan fingerprint density at radius 2 is 2.04 bits per heavy atom. The van der Waals surface area contributed by atoms with Crippen LogP contribution in [-0.2, 0) is 11.2 Å². The molecule has 2 saturated heterocycles. The molecular formula is C18H30N4O2. The van der Waals surface area contributed by atoms with Gasteiger partial charge >= 0.3 is 0 Å². The van der Waals surface area contributed by atoms with Crippen LogP contribution in [0.4, 0.5) is 0 Å². The first-order chi connectivity index (χ1) is 11.6. The zero-order valence-corrected chi connectivity index (χ0v) is 15.2. The summed E-state index contributed by atoms with van der Waals surface area (Å²) >= 11 is 0. The zero-order chi connectivity index (χ0) is 17.1. The van der Waals surface area contributed by atoms with Crippen molar-refractivity contribution in [3.8, 4) is 0 Å². The molecule has 1 amide bonds. The Morgan fingerprint density at radius 3 is 2.79 bits per heavy atom. The van der Waals surface area contributed by atoms with E-state index < -0.39 is 0 Å². The molecule has 2 fully saturated rings. The monoisotopic (exact) mass is 334 g/mol. The second kappa shape index (κ2) is 7.64. The maximum atomic E-state index is 11.9. The Balaban J connectivity index is 1.70. The summed E-state index contributed by atoms with van der Waals surface area (Å²) in [7, 11) is 0. The highest BCUT2D eigenvalue weighted by Crippen LogP contribution is 2.35. The van der Waals surface area contributed by atoms with Gasteiger partial charge in [0.15, 0.2) is 5.82 Å². The lowest BCUT2D eigenvalue weighted by Crippen LogP contribution is -2.48. The van der Waals surface area contributed by atoms with E-state index in [1.807, 2.05) is 0 Å². The highest BCUT2D eigenvalue weighted by Gasteiger charge is 2.41. The number of rotatable bonds is 6. The van der Waals surface area contributed by atoms with Crippen molar-refractivity contribution in [2.45, 2.75) is 83.8 Å². The van der Waals surface area contributed by atoms with Crippen LogP contribution in [0.15, 0.2) is 4.52 Å². The number of hydrogen-bond donors (Lipinski definition) is 0. The number of unbranched alkanes of at least 4 members (excludes halogenated alkanes) is 1. The van der Waals surface area contributed by atoms with E-state index >= 15 is 0 Å². The van der Waals surface area contributed by atoms with Gasteiger partial charge in [0.05, 0.1) is 6.04 Å². The van der Waals surface area contributed by atoms with Gasteiger partial charge in [-0.1, -0.05) is 18.5 Å². The van der Waals surface area contributed by atoms with Crippen LogP contribution in [0, 0.1) is 0 Å². The predicted molar refractivity (Wildman–Crippen MR) is 91.5 cm³/mol. The maximum Gasteiger partial charge on any atom is 0.243 e. The number of likely N-dealkylation sites (tertiary alicyclic amines) is 2. The van der Waals surface area contributed by atoms with Crippen molar-refractivity contribution in [1.29, 1.82) is 0 Å². The van der Waals surface area contributed by atoms with Crippen molar-refractivity contribution in [3.63, 3.8) is 0 Å². The molecule has 6 heteroatoms. The molecule has 3 atom stereocenters. The summed E-state index contributed by atoms with van der Waals surface area (Å²) in [6.07, 6.45) is 7.66. The number of aryl methyl sites for hydroxylation is 1. The molecule has 134 valence electrons. The Labute approximate surface area is 144 Å². The van der Waals surface area contributed by atoms with Gasteiger partial charge in [0.25, 0.3) is 0 Å². The Morgan fingerprint density at radius 1 is 1.29 bits per heavy atom. The van der Waals surface area contributed by atoms with E-state index in [1.54, 1.807) is 6.92 Å². The minimum Gasteiger partial charge on any atom is -0.338 e. The van der Waals surface area contributed by atoms with Gasteiger partial charge in [0.2, 0.25) is 11.8 Å². The van der Waals surface area contributed by atoms with Gasteiger partial charge in [-0.2, -0.15) is 4.98 Å². The van der Waals surface area contributed by atoms with Crippen LogP contribution in [0.1, 0.15) is 77.1 Å². The van der Waals surface area contributed by atoms with Crippen molar-refractivity contribution >= 4 is 5.91 Å². The van der Waals surface area contributed by atoms with Crippen LogP contribution in [0.2, 0.25) is 0 Å². The third kappa shape index (κ3) is 3.48. The summed E-state index contributed by atoms with van der Waals surface area (Å²) in [6.45, 7) is 7.96. The van der Waals surface area contributed by atoms with Crippen molar-refractivity contribution in [2.75, 3.05) is 13.1 Å². The van der Waals surface area contributed by atoms with E-state index in [0.717, 1.165) is 63.3 Å². The van der Waals surface area contributed by atoms with Crippen LogP contribution in [-0.4, -0.2) is 51.0 Å². The minimum atomic E-state index is 0.120. The molecule has 24 heavy (non-hydrogen) atoms. The molecule has 0 N–H and O–H groups in total. The lowest BCUT2D eigenvalue weighted by atomic mass is 10.0. The van der Waals surface area contributed by atoms with Crippen LogP contribution in [0.25, 0.3) is 0 Å². The normalized spacial score (nSPS) is 26.2. The Bertz CT molecular complexity index is 559. The molecule has 6 nitrogen and oxygen atoms in total. The Kier molecular flexibility index (Phi) is 5.54. The second-order valence-corrected chi connectivity index (χ2v) is 7.20. The summed E-state index contributed by atoms with van der Waals surface area (Å²) in [4.78, 5) is 21.1. The molecule has 1 aromatic heterocycles. The summed E-state index contributed by atoms with van der Waals surface area (Å²) in [6, 6.07) is 0.877. The highest BCUT2D eigenvalue weighted by molar-refractivity contribution is 5.74. The summed E-state index contributed by atoms with van der Waals surface area (Å²) in [5, 5.41) is 4.13. The largest absolute Gasteiger partial charge is 0.338 e. The summed E-state index contributed by atoms with van der Waals surface area (Å²) in [5.41, 5.74) is 0. The van der Waals surface area contributed by atoms with Gasteiger partial charge in [0, 0.05) is 32.0 Å². The van der Waals surface area contributed by atoms with Gasteiger partial charge in [-0.15, -0.1) is 0 Å². The molecule has 0 spiro atoms. The van der Waals surface area contributed by atoms with E-state index in [4.69, 9.17) is 4.52 Å². The third-order valence-electron chi connectivity index (χ3n) is 5.58. The average Bonchev–Trinajstić information content (AvgIpc) is 3.30. The molecule has 0 aromatic carbocycles. The van der Waals surface area contributed by atoms with Crippen LogP contribution < -0.4 is 0 Å². The van der Waals surface area contributed by atoms with Gasteiger partial charge in [-0.05, 0) is 45.6 Å². The second-order valence-electron chi connectivity index (χ2n) is 7.20. The van der Waals surface area contributed by atoms with E-state index in [-0.39, 0.29) is 11.9 Å². The smallest absolute Gasteiger partial charge is 0.243 e. The lowest BCUT2D eigenvalue weighted by molar-refractivity contribution is -0.130. The maximum absolute atomic E-state index is 11.9. The molecule has 2 aliphatic rings. The lowest BCUT2D eigenvalue weighted by Gasteiger charge is -2.36. The number of hydrogen-bond acceptors (Lipinski definition) is 5. The molecule has 0 unspecified atom stereocenters. The molecule has 3 heterocycles. The zero-order valence-electron chi connectivity index (χ0n) is 15.2. The van der Waals surface area contributed by atoms with Crippen molar-refractivity contribution in [3.05, 3.63) is 11.7 Å². The number of amides is 1. The molecule has 2 aliphatic heterocycles. The van der Waals surface area contributed by atoms with Crippen molar-refractivity contribution < 1.29 is 9.32 Å². The average molecular weight is 334 g/mol. The van der Waals surface area contributed by atoms with Crippen LogP contribution in [0.5, 0.6) is 0 Å².